The second-order valence-electron chi connectivity index (χ2n) is 5.97. The van der Waals surface area contributed by atoms with Gasteiger partial charge in [0.2, 0.25) is 11.8 Å². The van der Waals surface area contributed by atoms with Crippen LogP contribution in [0, 0.1) is 0 Å². The van der Waals surface area contributed by atoms with E-state index in [1.165, 1.54) is 0 Å². The second kappa shape index (κ2) is 8.48. The summed E-state index contributed by atoms with van der Waals surface area (Å²) in [7, 11) is 1.59. The Labute approximate surface area is 146 Å². The van der Waals surface area contributed by atoms with Gasteiger partial charge in [0.1, 0.15) is 5.75 Å². The number of methoxy groups -OCH3 is 1. The van der Waals surface area contributed by atoms with Gasteiger partial charge in [0.05, 0.1) is 19.6 Å². The van der Waals surface area contributed by atoms with Crippen LogP contribution in [-0.2, 0) is 16.0 Å². The number of carbonyl (C=O) groups excluding carboxylic acids is 3. The van der Waals surface area contributed by atoms with Crippen molar-refractivity contribution in [2.75, 3.05) is 33.3 Å². The fourth-order valence-corrected chi connectivity index (χ4v) is 2.82. The third-order valence-electron chi connectivity index (χ3n) is 4.33. The number of rotatable bonds is 5. The van der Waals surface area contributed by atoms with Crippen molar-refractivity contribution in [3.63, 3.8) is 0 Å². The maximum absolute atomic E-state index is 12.4. The maximum atomic E-state index is 12.4. The molecule has 1 unspecified atom stereocenters. The highest BCUT2D eigenvalue weighted by molar-refractivity contribution is 5.96. The molecular formula is C17H24N4O4. The normalized spacial score (nSPS) is 16.2. The number of amides is 4. The summed E-state index contributed by atoms with van der Waals surface area (Å²) in [6.45, 7) is 3.92. The van der Waals surface area contributed by atoms with Crippen LogP contribution in [0.4, 0.5) is 4.79 Å². The van der Waals surface area contributed by atoms with Crippen LogP contribution in [0.3, 0.4) is 0 Å². The molecule has 3 N–H and O–H groups in total. The Kier molecular flexibility index (Phi) is 6.35. The molecule has 1 aromatic carbocycles. The Morgan fingerprint density at radius 3 is 2.52 bits per heavy atom. The average Bonchev–Trinajstić information content (AvgIpc) is 2.60. The summed E-state index contributed by atoms with van der Waals surface area (Å²) >= 11 is 0. The molecule has 25 heavy (non-hydrogen) atoms. The first-order valence-corrected chi connectivity index (χ1v) is 8.15. The molecule has 0 radical (unpaired) electrons. The lowest BCUT2D eigenvalue weighted by Gasteiger charge is -2.37. The van der Waals surface area contributed by atoms with Gasteiger partial charge in [-0.05, 0) is 24.6 Å². The van der Waals surface area contributed by atoms with E-state index in [1.807, 2.05) is 29.2 Å². The minimum atomic E-state index is -0.857. The first-order valence-electron chi connectivity index (χ1n) is 8.15. The molecule has 1 aromatic rings. The topological polar surface area (TPSA) is 105 Å². The molecule has 1 aliphatic heterocycles. The molecule has 136 valence electrons. The molecule has 4 amide bonds. The van der Waals surface area contributed by atoms with Gasteiger partial charge < -0.3 is 15.4 Å². The molecule has 0 saturated carbocycles. The van der Waals surface area contributed by atoms with E-state index in [9.17, 15) is 14.4 Å². The first kappa shape index (κ1) is 18.7. The van der Waals surface area contributed by atoms with E-state index in [4.69, 9.17) is 10.5 Å². The summed E-state index contributed by atoms with van der Waals surface area (Å²) in [5.41, 5.74) is 5.87. The zero-order valence-electron chi connectivity index (χ0n) is 14.5. The molecule has 0 spiro atoms. The Balaban J connectivity index is 1.85. The standard InChI is InChI=1S/C17H24N4O4/c1-12(16(23)19-17(18)24)20-6-8-21(9-7-20)15(22)11-13-4-3-5-14(10-13)25-2/h3-5,10,12H,6-9,11H2,1-2H3,(H3,18,19,23,24). The molecule has 1 atom stereocenters. The van der Waals surface area contributed by atoms with Crippen molar-refractivity contribution in [1.82, 2.24) is 15.1 Å². The third-order valence-corrected chi connectivity index (χ3v) is 4.33. The van der Waals surface area contributed by atoms with E-state index in [2.05, 4.69) is 5.32 Å². The van der Waals surface area contributed by atoms with Gasteiger partial charge in [-0.1, -0.05) is 12.1 Å². The van der Waals surface area contributed by atoms with Crippen molar-refractivity contribution in [2.45, 2.75) is 19.4 Å². The summed E-state index contributed by atoms with van der Waals surface area (Å²) in [6.07, 6.45) is 0.314. The Hall–Kier alpha value is -2.61. The molecule has 0 aromatic heterocycles. The number of urea groups is 1. The Morgan fingerprint density at radius 2 is 1.92 bits per heavy atom. The van der Waals surface area contributed by atoms with Crippen molar-refractivity contribution >= 4 is 17.8 Å². The van der Waals surface area contributed by atoms with Crippen LogP contribution in [0.15, 0.2) is 24.3 Å². The van der Waals surface area contributed by atoms with Crippen LogP contribution in [0.25, 0.3) is 0 Å². The molecule has 1 saturated heterocycles. The van der Waals surface area contributed by atoms with Crippen LogP contribution in [0.5, 0.6) is 5.75 Å². The van der Waals surface area contributed by atoms with Crippen molar-refractivity contribution < 1.29 is 19.1 Å². The molecular weight excluding hydrogens is 324 g/mol. The number of hydrogen-bond donors (Lipinski definition) is 2. The lowest BCUT2D eigenvalue weighted by molar-refractivity contribution is -0.133. The van der Waals surface area contributed by atoms with Crippen molar-refractivity contribution in [2.24, 2.45) is 5.73 Å². The number of benzene rings is 1. The highest BCUT2D eigenvalue weighted by Gasteiger charge is 2.27. The third kappa shape index (κ3) is 5.18. The molecule has 0 aliphatic carbocycles. The summed E-state index contributed by atoms with van der Waals surface area (Å²) in [5.74, 6) is 0.343. The van der Waals surface area contributed by atoms with Crippen LogP contribution < -0.4 is 15.8 Å². The minimum absolute atomic E-state index is 0.0437. The number of nitrogens with one attached hydrogen (secondary N) is 1. The van der Waals surface area contributed by atoms with Crippen LogP contribution in [0.1, 0.15) is 12.5 Å². The quantitative estimate of drug-likeness (QED) is 0.777. The van der Waals surface area contributed by atoms with E-state index in [-0.39, 0.29) is 5.91 Å². The van der Waals surface area contributed by atoms with Gasteiger partial charge in [0, 0.05) is 26.2 Å². The Bertz CT molecular complexity index is 641. The van der Waals surface area contributed by atoms with Crippen LogP contribution in [-0.4, -0.2) is 67.0 Å². The number of hydrogen-bond acceptors (Lipinski definition) is 5. The van der Waals surface area contributed by atoms with Crippen LogP contribution in [0.2, 0.25) is 0 Å². The van der Waals surface area contributed by atoms with Gasteiger partial charge in [0.15, 0.2) is 0 Å². The van der Waals surface area contributed by atoms with E-state index in [1.54, 1.807) is 18.9 Å². The number of piperazine rings is 1. The van der Waals surface area contributed by atoms with Gasteiger partial charge in [-0.15, -0.1) is 0 Å². The highest BCUT2D eigenvalue weighted by Crippen LogP contribution is 2.15. The predicted molar refractivity (Wildman–Crippen MR) is 92.0 cm³/mol. The lowest BCUT2D eigenvalue weighted by Crippen LogP contribution is -2.56. The van der Waals surface area contributed by atoms with Gasteiger partial charge in [-0.25, -0.2) is 4.79 Å². The first-order chi connectivity index (χ1) is 11.9. The summed E-state index contributed by atoms with van der Waals surface area (Å²) in [4.78, 5) is 38.8. The molecule has 1 heterocycles. The van der Waals surface area contributed by atoms with E-state index in [0.29, 0.717) is 32.6 Å². The lowest BCUT2D eigenvalue weighted by atomic mass is 10.1. The summed E-state index contributed by atoms with van der Waals surface area (Å²) < 4.78 is 5.17. The largest absolute Gasteiger partial charge is 0.497 e. The van der Waals surface area contributed by atoms with E-state index < -0.39 is 18.0 Å². The molecule has 2 rings (SSSR count). The van der Waals surface area contributed by atoms with Gasteiger partial charge in [0.25, 0.3) is 0 Å². The van der Waals surface area contributed by atoms with E-state index in [0.717, 1.165) is 11.3 Å². The summed E-state index contributed by atoms with van der Waals surface area (Å²) in [5, 5.41) is 2.08. The molecule has 1 aliphatic rings. The van der Waals surface area contributed by atoms with Crippen molar-refractivity contribution in [1.29, 1.82) is 0 Å². The second-order valence-corrected chi connectivity index (χ2v) is 5.97. The maximum Gasteiger partial charge on any atom is 0.318 e. The van der Waals surface area contributed by atoms with Crippen molar-refractivity contribution in [3.05, 3.63) is 29.8 Å². The Morgan fingerprint density at radius 1 is 1.24 bits per heavy atom. The smallest absolute Gasteiger partial charge is 0.318 e. The van der Waals surface area contributed by atoms with Gasteiger partial charge in [-0.2, -0.15) is 0 Å². The van der Waals surface area contributed by atoms with Gasteiger partial charge in [-0.3, -0.25) is 19.8 Å². The van der Waals surface area contributed by atoms with Crippen LogP contribution >= 0.6 is 0 Å². The zero-order valence-corrected chi connectivity index (χ0v) is 14.5. The van der Waals surface area contributed by atoms with Crippen molar-refractivity contribution in [3.8, 4) is 5.75 Å². The number of imide groups is 1. The minimum Gasteiger partial charge on any atom is -0.497 e. The summed E-state index contributed by atoms with van der Waals surface area (Å²) in [6, 6.07) is 6.12. The number of nitrogens with two attached hydrogens (primary N) is 1. The van der Waals surface area contributed by atoms with Gasteiger partial charge >= 0.3 is 6.03 Å². The SMILES string of the molecule is COc1cccc(CC(=O)N2CCN(C(C)C(=O)NC(N)=O)CC2)c1. The molecule has 0 bridgehead atoms. The highest BCUT2D eigenvalue weighted by atomic mass is 16.5. The zero-order chi connectivity index (χ0) is 18.4. The number of ether oxygens (including phenoxy) is 1. The molecule has 8 heteroatoms. The van der Waals surface area contributed by atoms with E-state index >= 15 is 0 Å². The fraction of sp³-hybridized carbons (Fsp3) is 0.471. The fourth-order valence-electron chi connectivity index (χ4n) is 2.82. The monoisotopic (exact) mass is 348 g/mol. The number of nitrogens with zero attached hydrogens (tertiary/aromatic N) is 2. The molecule has 8 nitrogen and oxygen atoms in total. The predicted octanol–water partition coefficient (Wildman–Crippen LogP) is -0.0347. The number of primary amides is 1. The average molecular weight is 348 g/mol. The molecule has 1 fully saturated rings. The number of carbonyl (C=O) groups is 3.